The summed E-state index contributed by atoms with van der Waals surface area (Å²) in [5, 5.41) is 21.8. The van der Waals surface area contributed by atoms with Crippen molar-refractivity contribution in [1.29, 1.82) is 0 Å². The standard InChI is InChI=1S/C22H26ClN5O3/c23-20-19(25-6-5-24-17-1-3-18(4-2-17)28(30)31)13-26-27(21(20)29)22-10-14-7-15(11-22)9-16(8-14)12-22/h1-4,13-16,24-25H,5-12H2. The number of rotatable bonds is 7. The molecule has 4 fully saturated rings. The second-order valence-electron chi connectivity index (χ2n) is 9.39. The molecule has 0 atom stereocenters. The Bertz CT molecular complexity index is 1020. The number of non-ortho nitro benzene ring substituents is 1. The van der Waals surface area contributed by atoms with Gasteiger partial charge in [0.15, 0.2) is 0 Å². The molecule has 31 heavy (non-hydrogen) atoms. The minimum Gasteiger partial charge on any atom is -0.383 e. The van der Waals surface area contributed by atoms with Crippen molar-refractivity contribution in [1.82, 2.24) is 9.78 Å². The van der Waals surface area contributed by atoms with Crippen molar-refractivity contribution in [3.63, 3.8) is 0 Å². The van der Waals surface area contributed by atoms with Crippen molar-refractivity contribution in [2.75, 3.05) is 23.7 Å². The summed E-state index contributed by atoms with van der Waals surface area (Å²) in [6, 6.07) is 6.25. The van der Waals surface area contributed by atoms with E-state index in [0.29, 0.717) is 18.8 Å². The average molecular weight is 444 g/mol. The van der Waals surface area contributed by atoms with E-state index < -0.39 is 4.92 Å². The molecule has 0 radical (unpaired) electrons. The molecule has 4 saturated carbocycles. The summed E-state index contributed by atoms with van der Waals surface area (Å²) in [4.78, 5) is 23.4. The minimum atomic E-state index is -0.425. The van der Waals surface area contributed by atoms with Gasteiger partial charge in [0.1, 0.15) is 5.02 Å². The molecule has 0 amide bonds. The summed E-state index contributed by atoms with van der Waals surface area (Å²) in [7, 11) is 0. The van der Waals surface area contributed by atoms with Gasteiger partial charge in [0.25, 0.3) is 11.2 Å². The Kier molecular flexibility index (Phi) is 5.12. The molecule has 0 aliphatic heterocycles. The van der Waals surface area contributed by atoms with Crippen LogP contribution in [-0.4, -0.2) is 27.8 Å². The Morgan fingerprint density at radius 2 is 1.65 bits per heavy atom. The molecule has 4 aliphatic carbocycles. The topological polar surface area (TPSA) is 102 Å². The molecule has 1 aromatic carbocycles. The van der Waals surface area contributed by atoms with Gasteiger partial charge in [-0.2, -0.15) is 5.10 Å². The minimum absolute atomic E-state index is 0.0566. The van der Waals surface area contributed by atoms with E-state index in [-0.39, 0.29) is 21.8 Å². The lowest BCUT2D eigenvalue weighted by atomic mass is 9.53. The van der Waals surface area contributed by atoms with E-state index in [0.717, 1.165) is 42.7 Å². The Morgan fingerprint density at radius 3 is 2.23 bits per heavy atom. The normalized spacial score (nSPS) is 28.5. The highest BCUT2D eigenvalue weighted by Crippen LogP contribution is 2.58. The number of nitrogens with zero attached hydrogens (tertiary/aromatic N) is 3. The van der Waals surface area contributed by atoms with Crippen molar-refractivity contribution in [3.8, 4) is 0 Å². The van der Waals surface area contributed by atoms with Crippen LogP contribution in [0.25, 0.3) is 0 Å². The van der Waals surface area contributed by atoms with Crippen molar-refractivity contribution in [2.24, 2.45) is 17.8 Å². The van der Waals surface area contributed by atoms with Gasteiger partial charge in [-0.1, -0.05) is 11.6 Å². The van der Waals surface area contributed by atoms with Gasteiger partial charge < -0.3 is 10.6 Å². The van der Waals surface area contributed by atoms with Crippen molar-refractivity contribution < 1.29 is 4.92 Å². The van der Waals surface area contributed by atoms with Crippen LogP contribution < -0.4 is 16.2 Å². The van der Waals surface area contributed by atoms with Crippen LogP contribution in [0.2, 0.25) is 5.02 Å². The van der Waals surface area contributed by atoms with Crippen molar-refractivity contribution >= 4 is 28.7 Å². The molecule has 8 nitrogen and oxygen atoms in total. The first kappa shape index (κ1) is 20.3. The van der Waals surface area contributed by atoms with E-state index in [1.165, 1.54) is 31.4 Å². The Balaban J connectivity index is 1.23. The number of halogens is 1. The molecule has 164 valence electrons. The summed E-state index contributed by atoms with van der Waals surface area (Å²) >= 11 is 6.46. The highest BCUT2D eigenvalue weighted by atomic mass is 35.5. The Labute approximate surface area is 185 Å². The molecule has 9 heteroatoms. The number of hydrogen-bond acceptors (Lipinski definition) is 6. The first-order chi connectivity index (χ1) is 14.9. The lowest BCUT2D eigenvalue weighted by molar-refractivity contribution is -0.384. The summed E-state index contributed by atoms with van der Waals surface area (Å²) in [5.41, 5.74) is 1.04. The molecule has 0 saturated heterocycles. The fourth-order valence-corrected chi connectivity index (χ4v) is 6.52. The Morgan fingerprint density at radius 1 is 1.06 bits per heavy atom. The van der Waals surface area contributed by atoms with E-state index in [1.54, 1.807) is 23.0 Å². The number of nitrogens with one attached hydrogen (secondary N) is 2. The van der Waals surface area contributed by atoms with E-state index in [4.69, 9.17) is 11.6 Å². The van der Waals surface area contributed by atoms with E-state index in [1.807, 2.05) is 0 Å². The number of benzene rings is 1. The van der Waals surface area contributed by atoms with Gasteiger partial charge >= 0.3 is 0 Å². The molecule has 4 aliphatic rings. The molecule has 0 spiro atoms. The van der Waals surface area contributed by atoms with Crippen LogP contribution in [0.5, 0.6) is 0 Å². The zero-order valence-electron chi connectivity index (χ0n) is 17.2. The van der Waals surface area contributed by atoms with Crippen molar-refractivity contribution in [2.45, 2.75) is 44.1 Å². The quantitative estimate of drug-likeness (QED) is 0.376. The zero-order chi connectivity index (χ0) is 21.6. The molecule has 4 bridgehead atoms. The highest BCUT2D eigenvalue weighted by molar-refractivity contribution is 6.32. The first-order valence-electron chi connectivity index (χ1n) is 10.9. The predicted octanol–water partition coefficient (Wildman–Crippen LogP) is 4.25. The maximum absolute atomic E-state index is 13.1. The molecular weight excluding hydrogens is 418 g/mol. The third-order valence-corrected chi connectivity index (χ3v) is 7.59. The van der Waals surface area contributed by atoms with E-state index >= 15 is 0 Å². The molecule has 6 rings (SSSR count). The molecule has 2 N–H and O–H groups in total. The van der Waals surface area contributed by atoms with Crippen molar-refractivity contribution in [3.05, 3.63) is 56.0 Å². The average Bonchev–Trinajstić information content (AvgIpc) is 2.73. The molecule has 1 aromatic heterocycles. The number of aromatic nitrogens is 2. The van der Waals surface area contributed by atoms with Gasteiger partial charge in [-0.25, -0.2) is 4.68 Å². The maximum atomic E-state index is 13.1. The largest absolute Gasteiger partial charge is 0.383 e. The van der Waals surface area contributed by atoms with E-state index in [9.17, 15) is 14.9 Å². The van der Waals surface area contributed by atoms with Crippen LogP contribution in [0.15, 0.2) is 35.3 Å². The summed E-state index contributed by atoms with van der Waals surface area (Å²) in [6.45, 7) is 1.09. The fourth-order valence-electron chi connectivity index (χ4n) is 6.32. The van der Waals surface area contributed by atoms with E-state index in [2.05, 4.69) is 15.7 Å². The molecule has 2 aromatic rings. The molecular formula is C22H26ClN5O3. The predicted molar refractivity (Wildman–Crippen MR) is 120 cm³/mol. The lowest BCUT2D eigenvalue weighted by Crippen LogP contribution is -2.55. The number of hydrogen-bond donors (Lipinski definition) is 2. The summed E-state index contributed by atoms with van der Waals surface area (Å²) in [5.74, 6) is 2.17. The molecule has 1 heterocycles. The van der Waals surface area contributed by atoms with Gasteiger partial charge in [-0.15, -0.1) is 0 Å². The monoisotopic (exact) mass is 443 g/mol. The van der Waals surface area contributed by atoms with Gasteiger partial charge in [-0.3, -0.25) is 14.9 Å². The fraction of sp³-hybridized carbons (Fsp3) is 0.545. The smallest absolute Gasteiger partial charge is 0.288 e. The van der Waals surface area contributed by atoms with Gasteiger partial charge in [0, 0.05) is 30.9 Å². The second kappa shape index (κ2) is 7.82. The summed E-state index contributed by atoms with van der Waals surface area (Å²) in [6.07, 6.45) is 8.75. The van der Waals surface area contributed by atoms with Crippen LogP contribution in [-0.2, 0) is 5.54 Å². The number of anilines is 2. The number of nitro groups is 1. The van der Waals surface area contributed by atoms with Gasteiger partial charge in [0.05, 0.1) is 22.3 Å². The van der Waals surface area contributed by atoms with Crippen LogP contribution >= 0.6 is 11.6 Å². The van der Waals surface area contributed by atoms with Crippen LogP contribution in [0.3, 0.4) is 0 Å². The van der Waals surface area contributed by atoms with Crippen LogP contribution in [0.4, 0.5) is 17.1 Å². The first-order valence-corrected chi connectivity index (χ1v) is 11.3. The summed E-state index contributed by atoms with van der Waals surface area (Å²) < 4.78 is 1.69. The van der Waals surface area contributed by atoms with Gasteiger partial charge in [-0.05, 0) is 68.4 Å². The maximum Gasteiger partial charge on any atom is 0.288 e. The lowest BCUT2D eigenvalue weighted by Gasteiger charge is -2.56. The number of nitro benzene ring substituents is 1. The Hall–Kier alpha value is -2.61. The van der Waals surface area contributed by atoms with Crippen LogP contribution in [0, 0.1) is 27.9 Å². The zero-order valence-corrected chi connectivity index (χ0v) is 18.0. The highest BCUT2D eigenvalue weighted by Gasteiger charge is 2.53. The second-order valence-corrected chi connectivity index (χ2v) is 9.77. The third kappa shape index (κ3) is 3.78. The SMILES string of the molecule is O=c1c(Cl)c(NCCNc2ccc([N+](=O)[O-])cc2)cnn1C12CC3CC(CC(C3)C1)C2. The third-order valence-electron chi connectivity index (χ3n) is 7.22. The van der Waals surface area contributed by atoms with Gasteiger partial charge in [0.2, 0.25) is 0 Å². The van der Waals surface area contributed by atoms with Crippen LogP contribution in [0.1, 0.15) is 38.5 Å². The molecule has 0 unspecified atom stereocenters.